The van der Waals surface area contributed by atoms with Crippen molar-refractivity contribution in [2.24, 2.45) is 0 Å². The van der Waals surface area contributed by atoms with Gasteiger partial charge in [0, 0.05) is 29.6 Å². The first kappa shape index (κ1) is 19.0. The van der Waals surface area contributed by atoms with E-state index in [1.807, 2.05) is 37.3 Å². The quantitative estimate of drug-likeness (QED) is 0.695. The SMILES string of the molecule is CCC(=O)N(Cc1ccc(Cl)cc1)Cc1cc2ccc(OC)cc2[nH]c1=O. The maximum absolute atomic E-state index is 12.5. The number of benzene rings is 2. The van der Waals surface area contributed by atoms with Crippen LogP contribution in [0.2, 0.25) is 5.02 Å². The molecule has 27 heavy (non-hydrogen) atoms. The minimum absolute atomic E-state index is 0.0147. The van der Waals surface area contributed by atoms with Gasteiger partial charge in [-0.05, 0) is 41.3 Å². The van der Waals surface area contributed by atoms with Gasteiger partial charge in [-0.25, -0.2) is 0 Å². The Morgan fingerprint density at radius 1 is 1.11 bits per heavy atom. The second-order valence-corrected chi connectivity index (χ2v) is 6.74. The highest BCUT2D eigenvalue weighted by Crippen LogP contribution is 2.20. The summed E-state index contributed by atoms with van der Waals surface area (Å²) in [6.45, 7) is 2.48. The van der Waals surface area contributed by atoms with Crippen LogP contribution in [0, 0.1) is 0 Å². The van der Waals surface area contributed by atoms with E-state index < -0.39 is 0 Å². The Morgan fingerprint density at radius 3 is 2.52 bits per heavy atom. The highest BCUT2D eigenvalue weighted by atomic mass is 35.5. The van der Waals surface area contributed by atoms with Gasteiger partial charge in [-0.2, -0.15) is 0 Å². The molecule has 0 aliphatic carbocycles. The van der Waals surface area contributed by atoms with E-state index in [0.717, 1.165) is 10.9 Å². The molecule has 3 aromatic rings. The Hall–Kier alpha value is -2.79. The third kappa shape index (κ3) is 4.49. The second-order valence-electron chi connectivity index (χ2n) is 6.31. The van der Waals surface area contributed by atoms with Crippen molar-refractivity contribution in [2.45, 2.75) is 26.4 Å². The number of fused-ring (bicyclic) bond motifs is 1. The van der Waals surface area contributed by atoms with E-state index in [0.29, 0.717) is 34.8 Å². The molecule has 0 fully saturated rings. The zero-order valence-corrected chi connectivity index (χ0v) is 16.0. The van der Waals surface area contributed by atoms with Crippen LogP contribution < -0.4 is 10.3 Å². The minimum Gasteiger partial charge on any atom is -0.497 e. The van der Waals surface area contributed by atoms with Crippen LogP contribution in [0.1, 0.15) is 24.5 Å². The number of rotatable bonds is 6. The van der Waals surface area contributed by atoms with Gasteiger partial charge in [-0.1, -0.05) is 30.7 Å². The molecule has 6 heteroatoms. The molecule has 0 atom stereocenters. The molecule has 0 aliphatic rings. The average molecular weight is 385 g/mol. The van der Waals surface area contributed by atoms with E-state index in [4.69, 9.17) is 16.3 Å². The van der Waals surface area contributed by atoms with Crippen molar-refractivity contribution in [3.05, 3.63) is 75.0 Å². The molecule has 0 saturated carbocycles. The van der Waals surface area contributed by atoms with E-state index in [1.54, 1.807) is 30.2 Å². The summed E-state index contributed by atoms with van der Waals surface area (Å²) in [6, 6.07) is 14.7. The highest BCUT2D eigenvalue weighted by Gasteiger charge is 2.15. The molecule has 0 aliphatic heterocycles. The summed E-state index contributed by atoms with van der Waals surface area (Å²) in [5.74, 6) is 0.663. The fourth-order valence-electron chi connectivity index (χ4n) is 2.94. The number of methoxy groups -OCH3 is 1. The molecule has 0 spiro atoms. The third-order valence-corrected chi connectivity index (χ3v) is 4.69. The molecule has 1 heterocycles. The van der Waals surface area contributed by atoms with Gasteiger partial charge >= 0.3 is 0 Å². The van der Waals surface area contributed by atoms with E-state index in [-0.39, 0.29) is 18.0 Å². The molecular formula is C21H21ClN2O3. The summed E-state index contributed by atoms with van der Waals surface area (Å²) in [6.07, 6.45) is 0.371. The Morgan fingerprint density at radius 2 is 1.85 bits per heavy atom. The van der Waals surface area contributed by atoms with Crippen molar-refractivity contribution in [3.63, 3.8) is 0 Å². The van der Waals surface area contributed by atoms with Gasteiger partial charge in [0.15, 0.2) is 0 Å². The molecule has 5 nitrogen and oxygen atoms in total. The standard InChI is InChI=1S/C21H21ClN2O3/c1-3-20(25)24(12-14-4-7-17(22)8-5-14)13-16-10-15-6-9-18(27-2)11-19(15)23-21(16)26/h4-11H,3,12-13H2,1-2H3,(H,23,26). The number of amides is 1. The van der Waals surface area contributed by atoms with Crippen molar-refractivity contribution in [1.82, 2.24) is 9.88 Å². The largest absolute Gasteiger partial charge is 0.497 e. The number of carbonyl (C=O) groups is 1. The monoisotopic (exact) mass is 384 g/mol. The molecule has 1 amide bonds. The summed E-state index contributed by atoms with van der Waals surface area (Å²) in [5, 5.41) is 1.54. The van der Waals surface area contributed by atoms with Crippen LogP contribution >= 0.6 is 11.6 Å². The number of halogens is 1. The predicted octanol–water partition coefficient (Wildman–Crippen LogP) is 4.13. The summed E-state index contributed by atoms with van der Waals surface area (Å²) in [5.41, 5.74) is 2.00. The van der Waals surface area contributed by atoms with Crippen LogP contribution in [0.4, 0.5) is 0 Å². The van der Waals surface area contributed by atoms with Crippen LogP contribution in [0.3, 0.4) is 0 Å². The summed E-state index contributed by atoms with van der Waals surface area (Å²) in [4.78, 5) is 29.5. The lowest BCUT2D eigenvalue weighted by Crippen LogP contribution is -2.31. The summed E-state index contributed by atoms with van der Waals surface area (Å²) < 4.78 is 5.19. The maximum atomic E-state index is 12.5. The number of ether oxygens (including phenoxy) is 1. The Kier molecular flexibility index (Phi) is 5.81. The van der Waals surface area contributed by atoms with Gasteiger partial charge in [-0.15, -0.1) is 0 Å². The van der Waals surface area contributed by atoms with Crippen LogP contribution in [0.5, 0.6) is 5.75 Å². The first-order valence-corrected chi connectivity index (χ1v) is 9.10. The lowest BCUT2D eigenvalue weighted by molar-refractivity contribution is -0.132. The fraction of sp³-hybridized carbons (Fsp3) is 0.238. The lowest BCUT2D eigenvalue weighted by atomic mass is 10.1. The number of carbonyl (C=O) groups excluding carboxylic acids is 1. The molecule has 0 unspecified atom stereocenters. The van der Waals surface area contributed by atoms with Gasteiger partial charge in [0.25, 0.3) is 5.56 Å². The van der Waals surface area contributed by atoms with E-state index in [1.165, 1.54) is 0 Å². The van der Waals surface area contributed by atoms with E-state index in [9.17, 15) is 9.59 Å². The van der Waals surface area contributed by atoms with Gasteiger partial charge in [0.2, 0.25) is 5.91 Å². The van der Waals surface area contributed by atoms with Crippen molar-refractivity contribution in [3.8, 4) is 5.75 Å². The van der Waals surface area contributed by atoms with Crippen molar-refractivity contribution >= 4 is 28.4 Å². The summed E-state index contributed by atoms with van der Waals surface area (Å²) in [7, 11) is 1.58. The predicted molar refractivity (Wildman–Crippen MR) is 107 cm³/mol. The third-order valence-electron chi connectivity index (χ3n) is 4.43. The smallest absolute Gasteiger partial charge is 0.253 e. The number of aromatic amines is 1. The van der Waals surface area contributed by atoms with Crippen molar-refractivity contribution in [1.29, 1.82) is 0 Å². The first-order chi connectivity index (χ1) is 13.0. The average Bonchev–Trinajstić information content (AvgIpc) is 2.68. The molecule has 0 radical (unpaired) electrons. The number of nitrogens with zero attached hydrogens (tertiary/aromatic N) is 1. The number of H-pyrrole nitrogens is 1. The zero-order valence-electron chi connectivity index (χ0n) is 15.3. The lowest BCUT2D eigenvalue weighted by Gasteiger charge is -2.22. The minimum atomic E-state index is -0.208. The maximum Gasteiger partial charge on any atom is 0.253 e. The zero-order chi connectivity index (χ0) is 19.4. The van der Waals surface area contributed by atoms with Crippen LogP contribution in [0.25, 0.3) is 10.9 Å². The molecule has 3 rings (SSSR count). The molecule has 1 N–H and O–H groups in total. The number of pyridine rings is 1. The van der Waals surface area contributed by atoms with Crippen LogP contribution in [-0.4, -0.2) is 22.9 Å². The van der Waals surface area contributed by atoms with E-state index in [2.05, 4.69) is 4.98 Å². The Labute approximate surface area is 162 Å². The highest BCUT2D eigenvalue weighted by molar-refractivity contribution is 6.30. The van der Waals surface area contributed by atoms with Gasteiger partial charge in [0.05, 0.1) is 19.2 Å². The number of hydrogen-bond donors (Lipinski definition) is 1. The van der Waals surface area contributed by atoms with Gasteiger partial charge < -0.3 is 14.6 Å². The fourth-order valence-corrected chi connectivity index (χ4v) is 3.07. The Bertz CT molecular complexity index is 1010. The topological polar surface area (TPSA) is 62.4 Å². The van der Waals surface area contributed by atoms with Crippen LogP contribution in [-0.2, 0) is 17.9 Å². The molecule has 1 aromatic heterocycles. The molecular weight excluding hydrogens is 364 g/mol. The van der Waals surface area contributed by atoms with Crippen molar-refractivity contribution in [2.75, 3.05) is 7.11 Å². The normalized spacial score (nSPS) is 10.8. The second kappa shape index (κ2) is 8.27. The molecule has 0 bridgehead atoms. The van der Waals surface area contributed by atoms with Gasteiger partial charge in [0.1, 0.15) is 5.75 Å². The molecule has 0 saturated heterocycles. The molecule has 2 aromatic carbocycles. The first-order valence-electron chi connectivity index (χ1n) is 8.72. The van der Waals surface area contributed by atoms with E-state index >= 15 is 0 Å². The number of aromatic nitrogens is 1. The van der Waals surface area contributed by atoms with Gasteiger partial charge in [-0.3, -0.25) is 9.59 Å². The Balaban J connectivity index is 1.90. The number of hydrogen-bond acceptors (Lipinski definition) is 3. The summed E-state index contributed by atoms with van der Waals surface area (Å²) >= 11 is 5.93. The van der Waals surface area contributed by atoms with Crippen molar-refractivity contribution < 1.29 is 9.53 Å². The van der Waals surface area contributed by atoms with Crippen LogP contribution in [0.15, 0.2) is 53.3 Å². The number of nitrogens with one attached hydrogen (secondary N) is 1. The molecule has 140 valence electrons.